The van der Waals surface area contributed by atoms with Crippen molar-refractivity contribution >= 4 is 0 Å². The summed E-state index contributed by atoms with van der Waals surface area (Å²) in [6.45, 7) is 3.56. The first kappa shape index (κ1) is 6.09. The summed E-state index contributed by atoms with van der Waals surface area (Å²) in [5.74, 6) is 1.97. The Kier molecular flexibility index (Phi) is 1.90. The summed E-state index contributed by atoms with van der Waals surface area (Å²) in [4.78, 5) is 0. The maximum atomic E-state index is 3.20. The van der Waals surface area contributed by atoms with E-state index in [-0.39, 0.29) is 0 Å². The topological polar surface area (TPSA) is 12.0 Å². The summed E-state index contributed by atoms with van der Waals surface area (Å²) in [5.41, 5.74) is 0. The largest absolute Gasteiger partial charge is 0.319 e. The zero-order valence-electron chi connectivity index (χ0n) is 5.78. The second-order valence-electron chi connectivity index (χ2n) is 2.87. The monoisotopic (exact) mass is 113 g/mol. The van der Waals surface area contributed by atoms with Crippen molar-refractivity contribution in [3.05, 3.63) is 0 Å². The molecular formula is C7H15N. The van der Waals surface area contributed by atoms with Gasteiger partial charge in [-0.3, -0.25) is 0 Å². The third-order valence-corrected chi connectivity index (χ3v) is 2.26. The van der Waals surface area contributed by atoms with E-state index in [9.17, 15) is 0 Å². The van der Waals surface area contributed by atoms with Crippen molar-refractivity contribution in [2.45, 2.75) is 19.8 Å². The maximum Gasteiger partial charge on any atom is -0.00210 e. The Morgan fingerprint density at radius 3 is 2.38 bits per heavy atom. The van der Waals surface area contributed by atoms with E-state index in [0.29, 0.717) is 0 Å². The summed E-state index contributed by atoms with van der Waals surface area (Å²) in [6.07, 6.45) is 2.90. The molecule has 1 heteroatoms. The highest BCUT2D eigenvalue weighted by Crippen LogP contribution is 2.32. The van der Waals surface area contributed by atoms with Crippen LogP contribution in [0.15, 0.2) is 0 Å². The molecule has 0 amide bonds. The summed E-state index contributed by atoms with van der Waals surface area (Å²) < 4.78 is 0. The van der Waals surface area contributed by atoms with Gasteiger partial charge in [-0.05, 0) is 31.8 Å². The first-order chi connectivity index (χ1) is 3.84. The average Bonchev–Trinajstić information content (AvgIpc) is 1.79. The SMILES string of the molecule is CNC[C@@H]1CC[C@H]1C. The minimum absolute atomic E-state index is 0.986. The fourth-order valence-electron chi connectivity index (χ4n) is 1.30. The summed E-state index contributed by atoms with van der Waals surface area (Å²) in [5, 5.41) is 3.20. The van der Waals surface area contributed by atoms with Gasteiger partial charge < -0.3 is 5.32 Å². The first-order valence-electron chi connectivity index (χ1n) is 3.49. The molecule has 1 aliphatic rings. The van der Waals surface area contributed by atoms with Gasteiger partial charge in [0.15, 0.2) is 0 Å². The lowest BCUT2D eigenvalue weighted by atomic mass is 9.75. The van der Waals surface area contributed by atoms with E-state index in [2.05, 4.69) is 12.2 Å². The lowest BCUT2D eigenvalue weighted by Gasteiger charge is -2.33. The van der Waals surface area contributed by atoms with Gasteiger partial charge in [0.25, 0.3) is 0 Å². The fourth-order valence-corrected chi connectivity index (χ4v) is 1.30. The van der Waals surface area contributed by atoms with Crippen molar-refractivity contribution < 1.29 is 0 Å². The Morgan fingerprint density at radius 2 is 2.25 bits per heavy atom. The molecule has 8 heavy (non-hydrogen) atoms. The van der Waals surface area contributed by atoms with Gasteiger partial charge in [-0.25, -0.2) is 0 Å². The number of nitrogens with one attached hydrogen (secondary N) is 1. The van der Waals surface area contributed by atoms with Crippen molar-refractivity contribution in [3.63, 3.8) is 0 Å². The molecule has 1 rings (SSSR count). The zero-order chi connectivity index (χ0) is 5.98. The highest BCUT2D eigenvalue weighted by atomic mass is 14.8. The van der Waals surface area contributed by atoms with Gasteiger partial charge in [0.05, 0.1) is 0 Å². The lowest BCUT2D eigenvalue weighted by Crippen LogP contribution is -2.31. The Bertz CT molecular complexity index is 70.8. The van der Waals surface area contributed by atoms with E-state index in [1.165, 1.54) is 19.4 Å². The molecule has 0 aromatic rings. The molecule has 0 saturated heterocycles. The van der Waals surface area contributed by atoms with Gasteiger partial charge >= 0.3 is 0 Å². The quantitative estimate of drug-likeness (QED) is 0.568. The van der Waals surface area contributed by atoms with Crippen LogP contribution in [0, 0.1) is 11.8 Å². The Morgan fingerprint density at radius 1 is 1.50 bits per heavy atom. The molecule has 0 unspecified atom stereocenters. The molecule has 0 aliphatic heterocycles. The second-order valence-corrected chi connectivity index (χ2v) is 2.87. The van der Waals surface area contributed by atoms with Crippen LogP contribution in [0.25, 0.3) is 0 Å². The second kappa shape index (κ2) is 2.49. The molecule has 0 aromatic carbocycles. The number of hydrogen-bond acceptors (Lipinski definition) is 1. The molecule has 0 radical (unpaired) electrons. The third kappa shape index (κ3) is 1.03. The zero-order valence-corrected chi connectivity index (χ0v) is 5.78. The molecule has 0 aromatic heterocycles. The van der Waals surface area contributed by atoms with Crippen molar-refractivity contribution in [2.75, 3.05) is 13.6 Å². The van der Waals surface area contributed by atoms with E-state index in [1.54, 1.807) is 0 Å². The predicted molar refractivity (Wildman–Crippen MR) is 35.8 cm³/mol. The fraction of sp³-hybridized carbons (Fsp3) is 1.00. The highest BCUT2D eigenvalue weighted by Gasteiger charge is 2.25. The van der Waals surface area contributed by atoms with E-state index in [0.717, 1.165) is 11.8 Å². The van der Waals surface area contributed by atoms with Gasteiger partial charge in [-0.2, -0.15) is 0 Å². The van der Waals surface area contributed by atoms with Gasteiger partial charge in [0, 0.05) is 0 Å². The molecule has 1 aliphatic carbocycles. The molecule has 1 N–H and O–H groups in total. The van der Waals surface area contributed by atoms with Crippen molar-refractivity contribution in [1.82, 2.24) is 5.32 Å². The summed E-state index contributed by atoms with van der Waals surface area (Å²) >= 11 is 0. The molecule has 1 saturated carbocycles. The average molecular weight is 113 g/mol. The molecule has 0 bridgehead atoms. The molecule has 2 atom stereocenters. The minimum atomic E-state index is 0.986. The predicted octanol–water partition coefficient (Wildman–Crippen LogP) is 1.25. The lowest BCUT2D eigenvalue weighted by molar-refractivity contribution is 0.195. The third-order valence-electron chi connectivity index (χ3n) is 2.26. The molecule has 48 valence electrons. The van der Waals surface area contributed by atoms with Crippen LogP contribution in [-0.4, -0.2) is 13.6 Å². The van der Waals surface area contributed by atoms with Crippen LogP contribution >= 0.6 is 0 Å². The van der Waals surface area contributed by atoms with Crippen LogP contribution < -0.4 is 5.32 Å². The molecule has 0 spiro atoms. The first-order valence-corrected chi connectivity index (χ1v) is 3.49. The van der Waals surface area contributed by atoms with E-state index in [4.69, 9.17) is 0 Å². The summed E-state index contributed by atoms with van der Waals surface area (Å²) in [7, 11) is 2.03. The van der Waals surface area contributed by atoms with Crippen LogP contribution in [0.2, 0.25) is 0 Å². The molecule has 0 heterocycles. The Balaban J connectivity index is 2.08. The minimum Gasteiger partial charge on any atom is -0.319 e. The van der Waals surface area contributed by atoms with Crippen LogP contribution in [0.3, 0.4) is 0 Å². The summed E-state index contributed by atoms with van der Waals surface area (Å²) in [6, 6.07) is 0. The molecule has 1 nitrogen and oxygen atoms in total. The Labute approximate surface area is 51.5 Å². The van der Waals surface area contributed by atoms with E-state index < -0.39 is 0 Å². The van der Waals surface area contributed by atoms with E-state index >= 15 is 0 Å². The molecule has 1 fully saturated rings. The van der Waals surface area contributed by atoms with Crippen molar-refractivity contribution in [3.8, 4) is 0 Å². The number of hydrogen-bond donors (Lipinski definition) is 1. The van der Waals surface area contributed by atoms with Gasteiger partial charge in [-0.15, -0.1) is 0 Å². The van der Waals surface area contributed by atoms with E-state index in [1.807, 2.05) is 7.05 Å². The van der Waals surface area contributed by atoms with Crippen LogP contribution in [-0.2, 0) is 0 Å². The van der Waals surface area contributed by atoms with Crippen molar-refractivity contribution in [2.24, 2.45) is 11.8 Å². The smallest absolute Gasteiger partial charge is 0.00210 e. The molecular weight excluding hydrogens is 98.1 g/mol. The Hall–Kier alpha value is -0.0400. The van der Waals surface area contributed by atoms with Gasteiger partial charge in [0.1, 0.15) is 0 Å². The van der Waals surface area contributed by atoms with Crippen LogP contribution in [0.4, 0.5) is 0 Å². The normalized spacial score (nSPS) is 36.8. The van der Waals surface area contributed by atoms with Gasteiger partial charge in [-0.1, -0.05) is 13.3 Å². The van der Waals surface area contributed by atoms with Gasteiger partial charge in [0.2, 0.25) is 0 Å². The van der Waals surface area contributed by atoms with Crippen LogP contribution in [0.1, 0.15) is 19.8 Å². The highest BCUT2D eigenvalue weighted by molar-refractivity contribution is 4.77. The number of rotatable bonds is 2. The maximum absolute atomic E-state index is 3.20. The van der Waals surface area contributed by atoms with Crippen molar-refractivity contribution in [1.29, 1.82) is 0 Å². The standard InChI is InChI=1S/C7H15N/c1-6-3-4-7(6)5-8-2/h6-8H,3-5H2,1-2H3/t6-,7+/m1/s1. The van der Waals surface area contributed by atoms with Crippen LogP contribution in [0.5, 0.6) is 0 Å².